The van der Waals surface area contributed by atoms with Crippen molar-refractivity contribution in [2.24, 2.45) is 0 Å². The molecule has 1 saturated carbocycles. The summed E-state index contributed by atoms with van der Waals surface area (Å²) in [5.74, 6) is -0.814. The second-order valence-electron chi connectivity index (χ2n) is 6.32. The first-order chi connectivity index (χ1) is 11.3. The quantitative estimate of drug-likeness (QED) is 0.688. The molecule has 0 heterocycles. The summed E-state index contributed by atoms with van der Waals surface area (Å²) in [5, 5.41) is 14.7. The molecule has 132 valence electrons. The van der Waals surface area contributed by atoms with Gasteiger partial charge in [0.2, 0.25) is 0 Å². The summed E-state index contributed by atoms with van der Waals surface area (Å²) in [6.07, 6.45) is 1.56. The number of aliphatic carboxylic acids is 1. The number of nitrogens with one attached hydrogen (secondary N) is 2. The Morgan fingerprint density at radius 1 is 1.33 bits per heavy atom. The van der Waals surface area contributed by atoms with E-state index in [4.69, 9.17) is 5.11 Å². The first kappa shape index (κ1) is 18.7. The highest BCUT2D eigenvalue weighted by molar-refractivity contribution is 9.10. The van der Waals surface area contributed by atoms with Crippen molar-refractivity contribution in [3.05, 3.63) is 27.7 Å². The van der Waals surface area contributed by atoms with Crippen molar-refractivity contribution >= 4 is 33.6 Å². The van der Waals surface area contributed by atoms with E-state index in [0.29, 0.717) is 6.54 Å². The lowest BCUT2D eigenvalue weighted by Crippen LogP contribution is -2.55. The number of anilines is 1. The Morgan fingerprint density at radius 2 is 2.00 bits per heavy atom. The van der Waals surface area contributed by atoms with Gasteiger partial charge in [0.25, 0.3) is 0 Å². The number of carbonyl (C=O) groups excluding carboxylic acids is 1. The van der Waals surface area contributed by atoms with E-state index in [-0.39, 0.29) is 24.7 Å². The van der Waals surface area contributed by atoms with E-state index in [1.165, 1.54) is 0 Å². The van der Waals surface area contributed by atoms with Crippen molar-refractivity contribution in [1.82, 2.24) is 10.2 Å². The average Bonchev–Trinajstić information content (AvgIpc) is 2.44. The lowest BCUT2D eigenvalue weighted by atomic mass is 9.85. The summed E-state index contributed by atoms with van der Waals surface area (Å²) in [6.45, 7) is 6.67. The van der Waals surface area contributed by atoms with E-state index in [1.54, 1.807) is 0 Å². The summed E-state index contributed by atoms with van der Waals surface area (Å²) >= 11 is 3.48. The Kier molecular flexibility index (Phi) is 6.23. The van der Waals surface area contributed by atoms with Gasteiger partial charge in [0, 0.05) is 16.6 Å². The SMILES string of the molecule is CCN(CC(=O)O)C1CC(NC(=O)Nc2c(C)cc(C)cc2Br)C1. The number of halogens is 1. The number of likely N-dealkylation sites (N-methyl/N-ethyl adjacent to an activating group) is 1. The fraction of sp³-hybridized carbons (Fsp3) is 0.529. The van der Waals surface area contributed by atoms with E-state index in [1.807, 2.05) is 37.8 Å². The van der Waals surface area contributed by atoms with E-state index < -0.39 is 5.97 Å². The zero-order chi connectivity index (χ0) is 17.9. The van der Waals surface area contributed by atoms with E-state index in [2.05, 4.69) is 26.6 Å². The molecule has 0 aromatic heterocycles. The van der Waals surface area contributed by atoms with Gasteiger partial charge in [-0.15, -0.1) is 0 Å². The fourth-order valence-electron chi connectivity index (χ4n) is 3.09. The summed E-state index contributed by atoms with van der Waals surface area (Å²) in [6, 6.07) is 4.07. The number of nitrogens with zero attached hydrogens (tertiary/aromatic N) is 1. The van der Waals surface area contributed by atoms with Crippen LogP contribution in [0, 0.1) is 13.8 Å². The topological polar surface area (TPSA) is 81.7 Å². The zero-order valence-corrected chi connectivity index (χ0v) is 15.8. The molecule has 1 aliphatic carbocycles. The summed E-state index contributed by atoms with van der Waals surface area (Å²) in [4.78, 5) is 24.9. The van der Waals surface area contributed by atoms with Crippen LogP contribution in [0.3, 0.4) is 0 Å². The van der Waals surface area contributed by atoms with Crippen LogP contribution in [0.2, 0.25) is 0 Å². The smallest absolute Gasteiger partial charge is 0.319 e. The molecule has 0 spiro atoms. The number of aryl methyl sites for hydroxylation is 2. The van der Waals surface area contributed by atoms with Crippen molar-refractivity contribution in [3.8, 4) is 0 Å². The molecule has 1 fully saturated rings. The normalized spacial score (nSPS) is 19.7. The second-order valence-corrected chi connectivity index (χ2v) is 7.17. The van der Waals surface area contributed by atoms with Crippen molar-refractivity contribution in [2.75, 3.05) is 18.4 Å². The highest BCUT2D eigenvalue weighted by Gasteiger charge is 2.34. The Bertz CT molecular complexity index is 607. The second kappa shape index (κ2) is 7.98. The van der Waals surface area contributed by atoms with Gasteiger partial charge in [-0.25, -0.2) is 4.79 Å². The van der Waals surface area contributed by atoms with Crippen LogP contribution in [-0.2, 0) is 4.79 Å². The maximum Gasteiger partial charge on any atom is 0.319 e. The first-order valence-corrected chi connectivity index (χ1v) is 8.89. The minimum absolute atomic E-state index is 0.0512. The molecule has 1 aromatic carbocycles. The maximum atomic E-state index is 12.2. The van der Waals surface area contributed by atoms with Crippen LogP contribution in [0.25, 0.3) is 0 Å². The number of benzene rings is 1. The highest BCUT2D eigenvalue weighted by Crippen LogP contribution is 2.29. The standard InChI is InChI=1S/C17H24BrN3O3/c1-4-21(9-15(22)23)13-7-12(8-13)19-17(24)20-16-11(3)5-10(2)6-14(16)18/h5-6,12-13H,4,7-9H2,1-3H3,(H,22,23)(H2,19,20,24). The van der Waals surface area contributed by atoms with Crippen molar-refractivity contribution in [1.29, 1.82) is 0 Å². The van der Waals surface area contributed by atoms with Crippen LogP contribution in [0.1, 0.15) is 30.9 Å². The van der Waals surface area contributed by atoms with Crippen LogP contribution in [0.5, 0.6) is 0 Å². The molecular weight excluding hydrogens is 374 g/mol. The van der Waals surface area contributed by atoms with Gasteiger partial charge in [0.05, 0.1) is 12.2 Å². The predicted octanol–water partition coefficient (Wildman–Crippen LogP) is 3.12. The van der Waals surface area contributed by atoms with Gasteiger partial charge in [0.1, 0.15) is 0 Å². The van der Waals surface area contributed by atoms with Crippen LogP contribution in [-0.4, -0.2) is 47.2 Å². The van der Waals surface area contributed by atoms with Crippen LogP contribution in [0.4, 0.5) is 10.5 Å². The molecule has 0 aliphatic heterocycles. The number of amides is 2. The van der Waals surface area contributed by atoms with E-state index in [9.17, 15) is 9.59 Å². The maximum absolute atomic E-state index is 12.2. The lowest BCUT2D eigenvalue weighted by molar-refractivity contribution is -0.139. The number of carboxylic acids is 1. The fourth-order valence-corrected chi connectivity index (χ4v) is 3.86. The number of rotatable bonds is 6. The summed E-state index contributed by atoms with van der Waals surface area (Å²) in [5.41, 5.74) is 2.91. The number of urea groups is 1. The average molecular weight is 398 g/mol. The van der Waals surface area contributed by atoms with Gasteiger partial charge < -0.3 is 15.7 Å². The van der Waals surface area contributed by atoms with Crippen molar-refractivity contribution < 1.29 is 14.7 Å². The zero-order valence-electron chi connectivity index (χ0n) is 14.2. The van der Waals surface area contributed by atoms with E-state index >= 15 is 0 Å². The monoisotopic (exact) mass is 397 g/mol. The van der Waals surface area contributed by atoms with E-state index in [0.717, 1.165) is 34.1 Å². The summed E-state index contributed by atoms with van der Waals surface area (Å²) < 4.78 is 0.861. The van der Waals surface area contributed by atoms with Gasteiger partial charge in [-0.05, 0) is 66.4 Å². The number of carboxylic acid groups (broad SMARTS) is 1. The molecule has 0 saturated heterocycles. The number of carbonyl (C=O) groups is 2. The molecule has 1 aliphatic rings. The van der Waals surface area contributed by atoms with Crippen LogP contribution in [0.15, 0.2) is 16.6 Å². The molecule has 7 heteroatoms. The molecule has 0 unspecified atom stereocenters. The van der Waals surface area contributed by atoms with Gasteiger partial charge in [-0.2, -0.15) is 0 Å². The van der Waals surface area contributed by atoms with Crippen LogP contribution < -0.4 is 10.6 Å². The predicted molar refractivity (Wildman–Crippen MR) is 97.5 cm³/mol. The molecule has 3 N–H and O–H groups in total. The molecule has 2 amide bonds. The first-order valence-electron chi connectivity index (χ1n) is 8.10. The molecule has 2 rings (SSSR count). The molecule has 0 bridgehead atoms. The van der Waals surface area contributed by atoms with Gasteiger partial charge in [-0.1, -0.05) is 13.0 Å². The molecule has 24 heavy (non-hydrogen) atoms. The third-order valence-electron chi connectivity index (χ3n) is 4.38. The molecule has 0 radical (unpaired) electrons. The molecular formula is C17H24BrN3O3. The Balaban J connectivity index is 1.84. The Labute approximate surface area is 150 Å². The van der Waals surface area contributed by atoms with Crippen LogP contribution >= 0.6 is 15.9 Å². The minimum atomic E-state index is -0.814. The Morgan fingerprint density at radius 3 is 2.54 bits per heavy atom. The third-order valence-corrected chi connectivity index (χ3v) is 5.01. The van der Waals surface area contributed by atoms with Gasteiger partial charge in [0.15, 0.2) is 0 Å². The number of hydrogen-bond donors (Lipinski definition) is 3. The Hall–Kier alpha value is -1.60. The molecule has 6 nitrogen and oxygen atoms in total. The largest absolute Gasteiger partial charge is 0.480 e. The molecule has 0 atom stereocenters. The van der Waals surface area contributed by atoms with Crippen molar-refractivity contribution in [2.45, 2.75) is 45.7 Å². The number of hydrogen-bond acceptors (Lipinski definition) is 3. The van der Waals surface area contributed by atoms with Gasteiger partial charge >= 0.3 is 12.0 Å². The molecule has 1 aromatic rings. The van der Waals surface area contributed by atoms with Crippen molar-refractivity contribution in [3.63, 3.8) is 0 Å². The minimum Gasteiger partial charge on any atom is -0.480 e. The van der Waals surface area contributed by atoms with Gasteiger partial charge in [-0.3, -0.25) is 9.69 Å². The third kappa shape index (κ3) is 4.70. The summed E-state index contributed by atoms with van der Waals surface area (Å²) in [7, 11) is 0. The highest BCUT2D eigenvalue weighted by atomic mass is 79.9. The lowest BCUT2D eigenvalue weighted by Gasteiger charge is -2.42.